The highest BCUT2D eigenvalue weighted by atomic mass is 16.3. The molecular formula is C47H28N2O2. The molecule has 0 spiro atoms. The van der Waals surface area contributed by atoms with Gasteiger partial charge in [-0.25, -0.2) is 4.98 Å². The fourth-order valence-electron chi connectivity index (χ4n) is 7.99. The second-order valence-corrected chi connectivity index (χ2v) is 13.1. The monoisotopic (exact) mass is 652 g/mol. The standard InChI is InChI=1S/C47H28N2O2/c1-2-13-35-29(9-1)10-6-15-36(35)32-11-5-12-33(27-32)49(41-17-7-19-43-45(41)39-14-3-4-18-42(39)50-43)34-24-22-30-20-21-31-23-25-37-38-16-8-26-48-47(38)51-46(37)44(31)40(30)28-34/h1-28H. The lowest BCUT2D eigenvalue weighted by molar-refractivity contribution is 0.658. The fraction of sp³-hybridized carbons (Fsp3) is 0. The van der Waals surface area contributed by atoms with Crippen LogP contribution in [0.2, 0.25) is 0 Å². The number of furan rings is 2. The number of para-hydroxylation sites is 1. The topological polar surface area (TPSA) is 42.4 Å². The first-order valence-electron chi connectivity index (χ1n) is 17.2. The highest BCUT2D eigenvalue weighted by Crippen LogP contribution is 2.46. The van der Waals surface area contributed by atoms with Crippen molar-refractivity contribution >= 4 is 93.4 Å². The summed E-state index contributed by atoms with van der Waals surface area (Å²) >= 11 is 0. The van der Waals surface area contributed by atoms with Crippen molar-refractivity contribution in [2.45, 2.75) is 0 Å². The van der Waals surface area contributed by atoms with Crippen LogP contribution in [0.5, 0.6) is 0 Å². The minimum atomic E-state index is 0.651. The molecule has 0 atom stereocenters. The number of nitrogens with zero attached hydrogens (tertiary/aromatic N) is 2. The number of pyridine rings is 1. The summed E-state index contributed by atoms with van der Waals surface area (Å²) in [4.78, 5) is 6.92. The van der Waals surface area contributed by atoms with E-state index in [4.69, 9.17) is 8.83 Å². The first-order chi connectivity index (χ1) is 25.3. The van der Waals surface area contributed by atoms with Crippen molar-refractivity contribution in [2.24, 2.45) is 0 Å². The first-order valence-corrected chi connectivity index (χ1v) is 17.2. The Kier molecular flexibility index (Phi) is 5.92. The first kappa shape index (κ1) is 28.0. The Morgan fingerprint density at radius 3 is 2.14 bits per heavy atom. The van der Waals surface area contributed by atoms with Crippen LogP contribution in [-0.2, 0) is 0 Å². The van der Waals surface area contributed by atoms with Gasteiger partial charge in [0, 0.05) is 39.1 Å². The van der Waals surface area contributed by atoms with Gasteiger partial charge in [-0.05, 0) is 98.7 Å². The number of anilines is 3. The molecule has 3 heterocycles. The summed E-state index contributed by atoms with van der Waals surface area (Å²) in [7, 11) is 0. The van der Waals surface area contributed by atoms with Crippen molar-refractivity contribution in [3.63, 3.8) is 0 Å². The summed E-state index contributed by atoms with van der Waals surface area (Å²) < 4.78 is 12.9. The molecule has 3 aromatic heterocycles. The van der Waals surface area contributed by atoms with Gasteiger partial charge in [-0.3, -0.25) is 0 Å². The Hall–Kier alpha value is -6.91. The van der Waals surface area contributed by atoms with E-state index in [2.05, 4.69) is 155 Å². The molecule has 0 radical (unpaired) electrons. The van der Waals surface area contributed by atoms with Gasteiger partial charge in [0.2, 0.25) is 5.71 Å². The fourth-order valence-corrected chi connectivity index (χ4v) is 7.99. The van der Waals surface area contributed by atoms with Gasteiger partial charge >= 0.3 is 0 Å². The van der Waals surface area contributed by atoms with E-state index >= 15 is 0 Å². The predicted molar refractivity (Wildman–Crippen MR) is 211 cm³/mol. The number of hydrogen-bond donors (Lipinski definition) is 0. The summed E-state index contributed by atoms with van der Waals surface area (Å²) in [6.07, 6.45) is 1.79. The second-order valence-electron chi connectivity index (χ2n) is 13.1. The highest BCUT2D eigenvalue weighted by Gasteiger charge is 2.21. The maximum atomic E-state index is 6.50. The molecule has 0 bridgehead atoms. The Balaban J connectivity index is 1.21. The molecule has 0 N–H and O–H groups in total. The molecule has 51 heavy (non-hydrogen) atoms. The van der Waals surface area contributed by atoms with E-state index in [0.717, 1.165) is 82.5 Å². The normalized spacial score (nSPS) is 11.9. The van der Waals surface area contributed by atoms with Crippen molar-refractivity contribution in [3.8, 4) is 11.1 Å². The van der Waals surface area contributed by atoms with E-state index < -0.39 is 0 Å². The van der Waals surface area contributed by atoms with E-state index in [1.807, 2.05) is 18.2 Å². The molecule has 0 aliphatic carbocycles. The van der Waals surface area contributed by atoms with Crippen molar-refractivity contribution in [1.29, 1.82) is 0 Å². The number of aromatic nitrogens is 1. The van der Waals surface area contributed by atoms with Crippen LogP contribution in [0.3, 0.4) is 0 Å². The van der Waals surface area contributed by atoms with Gasteiger partial charge in [-0.2, -0.15) is 0 Å². The van der Waals surface area contributed by atoms with Crippen LogP contribution in [0, 0.1) is 0 Å². The zero-order valence-electron chi connectivity index (χ0n) is 27.4. The minimum Gasteiger partial charge on any atom is -0.456 e. The van der Waals surface area contributed by atoms with Crippen molar-refractivity contribution < 1.29 is 8.83 Å². The van der Waals surface area contributed by atoms with Gasteiger partial charge < -0.3 is 13.7 Å². The summed E-state index contributed by atoms with van der Waals surface area (Å²) in [6, 6.07) is 58.1. The predicted octanol–water partition coefficient (Wildman–Crippen LogP) is 13.5. The third kappa shape index (κ3) is 4.23. The lowest BCUT2D eigenvalue weighted by Crippen LogP contribution is -2.10. The lowest BCUT2D eigenvalue weighted by atomic mass is 9.97. The molecule has 0 saturated carbocycles. The molecular weight excluding hydrogens is 625 g/mol. The van der Waals surface area contributed by atoms with Gasteiger partial charge in [0.15, 0.2) is 0 Å². The van der Waals surface area contributed by atoms with Crippen LogP contribution in [0.15, 0.2) is 179 Å². The molecule has 11 aromatic rings. The average molecular weight is 653 g/mol. The average Bonchev–Trinajstić information content (AvgIpc) is 3.77. The van der Waals surface area contributed by atoms with Crippen LogP contribution >= 0.6 is 0 Å². The van der Waals surface area contributed by atoms with E-state index in [1.54, 1.807) is 6.20 Å². The van der Waals surface area contributed by atoms with E-state index in [1.165, 1.54) is 16.3 Å². The number of rotatable bonds is 4. The highest BCUT2D eigenvalue weighted by molar-refractivity contribution is 6.23. The van der Waals surface area contributed by atoms with Gasteiger partial charge in [0.1, 0.15) is 16.7 Å². The second kappa shape index (κ2) is 10.8. The zero-order valence-corrected chi connectivity index (χ0v) is 27.4. The Bertz CT molecular complexity index is 3160. The maximum absolute atomic E-state index is 6.50. The molecule has 4 heteroatoms. The van der Waals surface area contributed by atoms with E-state index in [0.29, 0.717) is 5.71 Å². The van der Waals surface area contributed by atoms with Gasteiger partial charge in [-0.1, -0.05) is 103 Å². The Morgan fingerprint density at radius 1 is 0.431 bits per heavy atom. The van der Waals surface area contributed by atoms with Crippen molar-refractivity contribution in [3.05, 3.63) is 170 Å². The summed E-state index contributed by atoms with van der Waals surface area (Å²) in [6.45, 7) is 0. The van der Waals surface area contributed by atoms with Gasteiger partial charge in [0.05, 0.1) is 11.1 Å². The maximum Gasteiger partial charge on any atom is 0.227 e. The molecule has 0 fully saturated rings. The minimum absolute atomic E-state index is 0.651. The largest absolute Gasteiger partial charge is 0.456 e. The number of benzene rings is 8. The molecule has 0 unspecified atom stereocenters. The zero-order chi connectivity index (χ0) is 33.5. The smallest absolute Gasteiger partial charge is 0.227 e. The molecule has 4 nitrogen and oxygen atoms in total. The summed E-state index contributed by atoms with van der Waals surface area (Å²) in [5.41, 5.74) is 8.72. The van der Waals surface area contributed by atoms with Crippen molar-refractivity contribution in [2.75, 3.05) is 4.90 Å². The van der Waals surface area contributed by atoms with Crippen LogP contribution in [0.1, 0.15) is 0 Å². The van der Waals surface area contributed by atoms with Gasteiger partial charge in [-0.15, -0.1) is 0 Å². The van der Waals surface area contributed by atoms with Crippen LogP contribution < -0.4 is 4.90 Å². The van der Waals surface area contributed by atoms with Crippen LogP contribution in [0.4, 0.5) is 17.1 Å². The summed E-state index contributed by atoms with van der Waals surface area (Å²) in [5.74, 6) is 0. The third-order valence-electron chi connectivity index (χ3n) is 10.3. The molecule has 238 valence electrons. The third-order valence-corrected chi connectivity index (χ3v) is 10.3. The molecule has 0 saturated heterocycles. The Labute approximate surface area is 292 Å². The number of fused-ring (bicyclic) bond motifs is 11. The molecule has 0 amide bonds. The van der Waals surface area contributed by atoms with Crippen molar-refractivity contribution in [1.82, 2.24) is 4.98 Å². The molecule has 0 aliphatic rings. The molecule has 8 aromatic carbocycles. The quantitative estimate of drug-likeness (QED) is 0.177. The summed E-state index contributed by atoms with van der Waals surface area (Å²) in [5, 5.41) is 11.2. The van der Waals surface area contributed by atoms with Gasteiger partial charge in [0.25, 0.3) is 0 Å². The van der Waals surface area contributed by atoms with Crippen LogP contribution in [0.25, 0.3) is 87.5 Å². The molecule has 11 rings (SSSR count). The SMILES string of the molecule is c1cc(-c2cccc3ccccc23)cc(N(c2ccc3ccc4ccc5c6cccnc6oc5c4c3c2)c2cccc3oc4ccccc4c23)c1. The molecule has 0 aliphatic heterocycles. The van der Waals surface area contributed by atoms with E-state index in [9.17, 15) is 0 Å². The van der Waals surface area contributed by atoms with E-state index in [-0.39, 0.29) is 0 Å². The lowest BCUT2D eigenvalue weighted by Gasteiger charge is -2.27. The number of hydrogen-bond acceptors (Lipinski definition) is 4. The Morgan fingerprint density at radius 2 is 1.16 bits per heavy atom. The van der Waals surface area contributed by atoms with Crippen LogP contribution in [-0.4, -0.2) is 4.98 Å².